The standard InChI is InChI=1S/C13H19NO/c1-10-4-3-5-13(11(10)2)15-9-12-6-7-14-8-12/h3-5,12,14H,6-9H2,1-2H3/t12-/m0/s1. The molecule has 0 amide bonds. The second kappa shape index (κ2) is 4.67. The average Bonchev–Trinajstić information content (AvgIpc) is 2.73. The fourth-order valence-corrected chi connectivity index (χ4v) is 1.94. The zero-order chi connectivity index (χ0) is 10.7. The molecule has 1 aromatic rings. The molecule has 2 nitrogen and oxygen atoms in total. The number of rotatable bonds is 3. The number of hydrogen-bond donors (Lipinski definition) is 1. The topological polar surface area (TPSA) is 21.3 Å². The van der Waals surface area contributed by atoms with Gasteiger partial charge in [0.25, 0.3) is 0 Å². The Balaban J connectivity index is 1.95. The normalized spacial score (nSPS) is 20.5. The first-order valence-electron chi connectivity index (χ1n) is 5.67. The van der Waals surface area contributed by atoms with Gasteiger partial charge in [0.15, 0.2) is 0 Å². The molecule has 1 aromatic carbocycles. The first kappa shape index (κ1) is 10.5. The Bertz CT molecular complexity index is 329. The van der Waals surface area contributed by atoms with E-state index in [0.29, 0.717) is 5.92 Å². The van der Waals surface area contributed by atoms with E-state index in [9.17, 15) is 0 Å². The van der Waals surface area contributed by atoms with Crippen LogP contribution in [0.25, 0.3) is 0 Å². The van der Waals surface area contributed by atoms with Crippen LogP contribution in [0.2, 0.25) is 0 Å². The van der Waals surface area contributed by atoms with Crippen LogP contribution in [0.1, 0.15) is 17.5 Å². The molecule has 15 heavy (non-hydrogen) atoms. The third kappa shape index (κ3) is 2.51. The van der Waals surface area contributed by atoms with Crippen LogP contribution in [-0.2, 0) is 0 Å². The highest BCUT2D eigenvalue weighted by molar-refractivity contribution is 5.38. The van der Waals surface area contributed by atoms with Gasteiger partial charge in [-0.25, -0.2) is 0 Å². The van der Waals surface area contributed by atoms with Gasteiger partial charge in [0.1, 0.15) is 5.75 Å². The van der Waals surface area contributed by atoms with Gasteiger partial charge < -0.3 is 10.1 Å². The van der Waals surface area contributed by atoms with E-state index in [1.807, 2.05) is 0 Å². The first-order chi connectivity index (χ1) is 7.27. The molecule has 2 heteroatoms. The molecular weight excluding hydrogens is 186 g/mol. The molecule has 0 radical (unpaired) electrons. The zero-order valence-electron chi connectivity index (χ0n) is 9.55. The molecule has 82 valence electrons. The summed E-state index contributed by atoms with van der Waals surface area (Å²) in [6.07, 6.45) is 1.24. The summed E-state index contributed by atoms with van der Waals surface area (Å²) in [6, 6.07) is 6.24. The van der Waals surface area contributed by atoms with E-state index < -0.39 is 0 Å². The van der Waals surface area contributed by atoms with Crippen LogP contribution in [0, 0.1) is 19.8 Å². The van der Waals surface area contributed by atoms with Crippen LogP contribution in [0.3, 0.4) is 0 Å². The summed E-state index contributed by atoms with van der Waals surface area (Å²) in [4.78, 5) is 0. The van der Waals surface area contributed by atoms with Crippen molar-refractivity contribution in [3.63, 3.8) is 0 Å². The molecule has 1 saturated heterocycles. The van der Waals surface area contributed by atoms with E-state index in [-0.39, 0.29) is 0 Å². The number of nitrogens with one attached hydrogen (secondary N) is 1. The smallest absolute Gasteiger partial charge is 0.122 e. The van der Waals surface area contributed by atoms with Crippen molar-refractivity contribution in [3.05, 3.63) is 29.3 Å². The number of aryl methyl sites for hydroxylation is 1. The molecule has 0 bridgehead atoms. The second-order valence-corrected chi connectivity index (χ2v) is 4.37. The molecular formula is C13H19NO. The summed E-state index contributed by atoms with van der Waals surface area (Å²) >= 11 is 0. The van der Waals surface area contributed by atoms with Crippen LogP contribution in [0.4, 0.5) is 0 Å². The van der Waals surface area contributed by atoms with Gasteiger partial charge in [-0.2, -0.15) is 0 Å². The molecule has 2 rings (SSSR count). The van der Waals surface area contributed by atoms with Gasteiger partial charge in [-0.05, 0) is 44.0 Å². The minimum absolute atomic E-state index is 0.685. The summed E-state index contributed by atoms with van der Waals surface area (Å²) < 4.78 is 5.86. The van der Waals surface area contributed by atoms with Gasteiger partial charge in [-0.1, -0.05) is 12.1 Å². The Kier molecular flexibility index (Phi) is 3.27. The first-order valence-corrected chi connectivity index (χ1v) is 5.67. The Morgan fingerprint density at radius 3 is 3.00 bits per heavy atom. The van der Waals surface area contributed by atoms with Crippen LogP contribution >= 0.6 is 0 Å². The highest BCUT2D eigenvalue weighted by Gasteiger charge is 2.15. The predicted molar refractivity (Wildman–Crippen MR) is 62.4 cm³/mol. The summed E-state index contributed by atoms with van der Waals surface area (Å²) in [5.41, 5.74) is 2.57. The van der Waals surface area contributed by atoms with Gasteiger partial charge in [0.2, 0.25) is 0 Å². The molecule has 0 aliphatic carbocycles. The highest BCUT2D eigenvalue weighted by Crippen LogP contribution is 2.21. The summed E-state index contributed by atoms with van der Waals surface area (Å²) in [7, 11) is 0. The van der Waals surface area contributed by atoms with Gasteiger partial charge in [-0.15, -0.1) is 0 Å². The van der Waals surface area contributed by atoms with Crippen LogP contribution in [0.5, 0.6) is 5.75 Å². The highest BCUT2D eigenvalue weighted by atomic mass is 16.5. The molecule has 1 N–H and O–H groups in total. The molecule has 0 unspecified atom stereocenters. The molecule has 1 aliphatic heterocycles. The van der Waals surface area contributed by atoms with E-state index in [4.69, 9.17) is 4.74 Å². The van der Waals surface area contributed by atoms with Crippen molar-refractivity contribution in [2.75, 3.05) is 19.7 Å². The largest absolute Gasteiger partial charge is 0.493 e. The molecule has 0 saturated carbocycles. The predicted octanol–water partition coefficient (Wildman–Crippen LogP) is 2.29. The monoisotopic (exact) mass is 205 g/mol. The molecule has 1 heterocycles. The van der Waals surface area contributed by atoms with Gasteiger partial charge in [0.05, 0.1) is 6.61 Å². The quantitative estimate of drug-likeness (QED) is 0.817. The molecule has 1 fully saturated rings. The second-order valence-electron chi connectivity index (χ2n) is 4.37. The van der Waals surface area contributed by atoms with Crippen molar-refractivity contribution in [2.45, 2.75) is 20.3 Å². The van der Waals surface area contributed by atoms with Gasteiger partial charge in [0, 0.05) is 12.5 Å². The average molecular weight is 205 g/mol. The van der Waals surface area contributed by atoms with Gasteiger partial charge in [-0.3, -0.25) is 0 Å². The maximum atomic E-state index is 5.86. The van der Waals surface area contributed by atoms with E-state index in [1.165, 1.54) is 17.5 Å². The molecule has 1 aliphatic rings. The SMILES string of the molecule is Cc1cccc(OC[C@H]2CCNC2)c1C. The number of benzene rings is 1. The Labute approximate surface area is 91.6 Å². The lowest BCUT2D eigenvalue weighted by atomic mass is 10.1. The zero-order valence-corrected chi connectivity index (χ0v) is 9.55. The molecule has 0 spiro atoms. The van der Waals surface area contributed by atoms with Crippen molar-refractivity contribution in [1.29, 1.82) is 0 Å². The van der Waals surface area contributed by atoms with Gasteiger partial charge >= 0.3 is 0 Å². The van der Waals surface area contributed by atoms with E-state index in [1.54, 1.807) is 0 Å². The molecule has 1 atom stereocenters. The maximum absolute atomic E-state index is 5.86. The maximum Gasteiger partial charge on any atom is 0.122 e. The lowest BCUT2D eigenvalue weighted by Gasteiger charge is -2.13. The van der Waals surface area contributed by atoms with Crippen LogP contribution < -0.4 is 10.1 Å². The number of ether oxygens (including phenoxy) is 1. The lowest BCUT2D eigenvalue weighted by Crippen LogP contribution is -2.15. The Morgan fingerprint density at radius 1 is 1.40 bits per heavy atom. The summed E-state index contributed by atoms with van der Waals surface area (Å²) in [5.74, 6) is 1.73. The van der Waals surface area contributed by atoms with Crippen molar-refractivity contribution in [3.8, 4) is 5.75 Å². The van der Waals surface area contributed by atoms with E-state index in [2.05, 4.69) is 37.4 Å². The Hall–Kier alpha value is -1.02. The third-order valence-corrected chi connectivity index (χ3v) is 3.19. The fourth-order valence-electron chi connectivity index (χ4n) is 1.94. The van der Waals surface area contributed by atoms with E-state index in [0.717, 1.165) is 25.4 Å². The van der Waals surface area contributed by atoms with Crippen molar-refractivity contribution >= 4 is 0 Å². The van der Waals surface area contributed by atoms with Crippen molar-refractivity contribution in [1.82, 2.24) is 5.32 Å². The summed E-state index contributed by atoms with van der Waals surface area (Å²) in [6.45, 7) is 7.33. The summed E-state index contributed by atoms with van der Waals surface area (Å²) in [5, 5.41) is 3.35. The van der Waals surface area contributed by atoms with Crippen LogP contribution in [-0.4, -0.2) is 19.7 Å². The Morgan fingerprint density at radius 2 is 2.27 bits per heavy atom. The van der Waals surface area contributed by atoms with Crippen molar-refractivity contribution in [2.24, 2.45) is 5.92 Å². The third-order valence-electron chi connectivity index (χ3n) is 3.19. The minimum Gasteiger partial charge on any atom is -0.493 e. The fraction of sp³-hybridized carbons (Fsp3) is 0.538. The minimum atomic E-state index is 0.685. The lowest BCUT2D eigenvalue weighted by molar-refractivity contribution is 0.258. The van der Waals surface area contributed by atoms with Crippen molar-refractivity contribution < 1.29 is 4.74 Å². The van der Waals surface area contributed by atoms with E-state index >= 15 is 0 Å². The van der Waals surface area contributed by atoms with Crippen LogP contribution in [0.15, 0.2) is 18.2 Å². The number of hydrogen-bond acceptors (Lipinski definition) is 2. The molecule has 0 aromatic heterocycles.